The number of terminal acetylenes is 1. The summed E-state index contributed by atoms with van der Waals surface area (Å²) >= 11 is 0. The summed E-state index contributed by atoms with van der Waals surface area (Å²) in [6.45, 7) is 0. The van der Waals surface area contributed by atoms with Crippen molar-refractivity contribution < 1.29 is 9.00 Å². The number of benzene rings is 1. The second kappa shape index (κ2) is 5.77. The minimum atomic E-state index is -2.82. The number of hydrogen-bond donors (Lipinski definition) is 1. The van der Waals surface area contributed by atoms with Crippen molar-refractivity contribution in [2.24, 2.45) is 4.36 Å². The molecule has 1 aromatic heterocycles. The summed E-state index contributed by atoms with van der Waals surface area (Å²) in [6.07, 6.45) is 7.95. The van der Waals surface area contributed by atoms with Gasteiger partial charge in [-0.15, -0.1) is 6.42 Å². The van der Waals surface area contributed by atoms with E-state index in [9.17, 15) is 9.00 Å². The average Bonchev–Trinajstić information content (AvgIpc) is 2.48. The molecule has 0 spiro atoms. The molecule has 0 saturated heterocycles. The molecule has 0 unspecified atom stereocenters. The molecule has 2 N–H and O–H groups in total. The molecule has 6 heteroatoms. The largest absolute Gasteiger partial charge is 0.383 e. The molecule has 1 atom stereocenters. The molecule has 106 valence electrons. The van der Waals surface area contributed by atoms with Crippen molar-refractivity contribution in [3.63, 3.8) is 0 Å². The van der Waals surface area contributed by atoms with Crippen molar-refractivity contribution in [3.8, 4) is 12.3 Å². The monoisotopic (exact) mass is 299 g/mol. The van der Waals surface area contributed by atoms with Crippen LogP contribution in [0.5, 0.6) is 0 Å². The van der Waals surface area contributed by atoms with Crippen LogP contribution < -0.4 is 5.73 Å². The van der Waals surface area contributed by atoms with E-state index in [1.807, 2.05) is 0 Å². The zero-order valence-corrected chi connectivity index (χ0v) is 12.1. The molecule has 21 heavy (non-hydrogen) atoms. The molecule has 0 fully saturated rings. The van der Waals surface area contributed by atoms with Gasteiger partial charge in [0.15, 0.2) is 0 Å². The Morgan fingerprint density at radius 2 is 2.05 bits per heavy atom. The van der Waals surface area contributed by atoms with E-state index in [-0.39, 0.29) is 11.4 Å². The zero-order valence-electron chi connectivity index (χ0n) is 11.3. The molecule has 0 bridgehead atoms. The molecular formula is C15H13N3O2S. The van der Waals surface area contributed by atoms with Crippen molar-refractivity contribution in [2.45, 2.75) is 4.90 Å². The molecule has 1 heterocycles. The van der Waals surface area contributed by atoms with Gasteiger partial charge in [-0.2, -0.15) is 4.36 Å². The topological polar surface area (TPSA) is 85.4 Å². The van der Waals surface area contributed by atoms with Crippen LogP contribution in [0.4, 0.5) is 5.82 Å². The molecule has 2 rings (SSSR count). The fraction of sp³-hybridized carbons (Fsp3) is 0.0667. The highest BCUT2D eigenvalue weighted by molar-refractivity contribution is 7.93. The van der Waals surface area contributed by atoms with E-state index in [1.54, 1.807) is 30.3 Å². The summed E-state index contributed by atoms with van der Waals surface area (Å²) in [5.41, 5.74) is 6.03. The quantitative estimate of drug-likeness (QED) is 0.859. The lowest BCUT2D eigenvalue weighted by Crippen LogP contribution is -2.05. The Hall–Kier alpha value is -2.65. The Labute approximate surface area is 123 Å². The van der Waals surface area contributed by atoms with Crippen LogP contribution >= 0.6 is 0 Å². The summed E-state index contributed by atoms with van der Waals surface area (Å²) in [6, 6.07) is 10.00. The van der Waals surface area contributed by atoms with Crippen LogP contribution in [0, 0.1) is 12.3 Å². The average molecular weight is 299 g/mol. The van der Waals surface area contributed by atoms with Gasteiger partial charge in [0.05, 0.1) is 20.9 Å². The number of amides is 1. The summed E-state index contributed by atoms with van der Waals surface area (Å²) in [5.74, 6) is 1.85. The first kappa shape index (κ1) is 14.8. The maximum absolute atomic E-state index is 12.5. The van der Waals surface area contributed by atoms with Gasteiger partial charge < -0.3 is 5.73 Å². The lowest BCUT2D eigenvalue weighted by atomic mass is 10.2. The van der Waals surface area contributed by atoms with Gasteiger partial charge >= 0.3 is 0 Å². The Balaban J connectivity index is 2.44. The number of carbonyl (C=O) groups is 1. The number of aromatic nitrogens is 1. The van der Waals surface area contributed by atoms with E-state index >= 15 is 0 Å². The Morgan fingerprint density at radius 1 is 1.38 bits per heavy atom. The van der Waals surface area contributed by atoms with Crippen LogP contribution in [0.25, 0.3) is 0 Å². The van der Waals surface area contributed by atoms with E-state index in [0.29, 0.717) is 10.5 Å². The van der Waals surface area contributed by atoms with Crippen LogP contribution in [0.1, 0.15) is 15.9 Å². The first-order chi connectivity index (χ1) is 9.94. The molecule has 5 nitrogen and oxygen atoms in total. The molecule has 1 aromatic carbocycles. The fourth-order valence-corrected chi connectivity index (χ4v) is 2.83. The number of nitrogens with zero attached hydrogens (tertiary/aromatic N) is 2. The minimum Gasteiger partial charge on any atom is -0.383 e. The highest BCUT2D eigenvalue weighted by atomic mass is 32.2. The number of hydrogen-bond acceptors (Lipinski definition) is 4. The Kier molecular flexibility index (Phi) is 4.05. The van der Waals surface area contributed by atoms with Crippen LogP contribution in [0.2, 0.25) is 0 Å². The number of anilines is 1. The van der Waals surface area contributed by atoms with Crippen LogP contribution in [-0.4, -0.2) is 21.4 Å². The van der Waals surface area contributed by atoms with Crippen molar-refractivity contribution in [1.29, 1.82) is 0 Å². The smallest absolute Gasteiger partial charge is 0.286 e. The van der Waals surface area contributed by atoms with E-state index in [4.69, 9.17) is 12.2 Å². The summed E-state index contributed by atoms with van der Waals surface area (Å²) in [7, 11) is -2.82. The lowest BCUT2D eigenvalue weighted by Gasteiger charge is -2.04. The standard InChI is InChI=1S/C15H13N3O2S/c1-3-11-9-12(10-17-14(11)16)15(19)18-21(2,20)13-7-5-4-6-8-13/h1,4-10H,2H3,(H2,16,17)/t21-/m0/s1. The van der Waals surface area contributed by atoms with E-state index in [2.05, 4.69) is 15.3 Å². The van der Waals surface area contributed by atoms with Crippen LogP contribution in [0.3, 0.4) is 0 Å². The normalized spacial score (nSPS) is 13.0. The van der Waals surface area contributed by atoms with Crippen molar-refractivity contribution in [1.82, 2.24) is 4.98 Å². The van der Waals surface area contributed by atoms with Gasteiger partial charge in [-0.3, -0.25) is 4.79 Å². The van der Waals surface area contributed by atoms with Crippen molar-refractivity contribution >= 4 is 21.5 Å². The molecule has 0 aliphatic rings. The van der Waals surface area contributed by atoms with Crippen molar-refractivity contribution in [3.05, 3.63) is 53.7 Å². The maximum Gasteiger partial charge on any atom is 0.286 e. The number of nitrogens with two attached hydrogens (primary N) is 1. The molecule has 0 aliphatic heterocycles. The second-order valence-corrected chi connectivity index (χ2v) is 6.57. The van der Waals surface area contributed by atoms with Gasteiger partial charge in [0.25, 0.3) is 5.91 Å². The Bertz CT molecular complexity index is 845. The summed E-state index contributed by atoms with van der Waals surface area (Å²) in [5, 5.41) is 0. The molecule has 0 aliphatic carbocycles. The number of carbonyl (C=O) groups excluding carboxylic acids is 1. The molecule has 0 saturated carbocycles. The molecule has 2 aromatic rings. The number of nitrogen functional groups attached to an aromatic ring is 1. The molecule has 0 radical (unpaired) electrons. The lowest BCUT2D eigenvalue weighted by molar-refractivity contribution is 0.100. The Morgan fingerprint density at radius 3 is 2.67 bits per heavy atom. The molecule has 1 amide bonds. The molecular weight excluding hydrogens is 286 g/mol. The summed E-state index contributed by atoms with van der Waals surface area (Å²) < 4.78 is 16.3. The SMILES string of the molecule is C#Cc1cc(C(=O)N=[S@@](C)(=O)c2ccccc2)cnc1N. The summed E-state index contributed by atoms with van der Waals surface area (Å²) in [4.78, 5) is 16.4. The van der Waals surface area contributed by atoms with E-state index in [1.165, 1.54) is 18.5 Å². The maximum atomic E-state index is 12.5. The van der Waals surface area contributed by atoms with Gasteiger partial charge in [-0.25, -0.2) is 9.19 Å². The highest BCUT2D eigenvalue weighted by Crippen LogP contribution is 2.14. The van der Waals surface area contributed by atoms with Gasteiger partial charge in [0, 0.05) is 17.3 Å². The van der Waals surface area contributed by atoms with Gasteiger partial charge in [-0.1, -0.05) is 24.1 Å². The minimum absolute atomic E-state index is 0.155. The third-order valence-electron chi connectivity index (χ3n) is 2.76. The van der Waals surface area contributed by atoms with Gasteiger partial charge in [0.1, 0.15) is 5.82 Å². The van der Waals surface area contributed by atoms with E-state index in [0.717, 1.165) is 0 Å². The first-order valence-corrected chi connectivity index (χ1v) is 7.90. The van der Waals surface area contributed by atoms with Crippen molar-refractivity contribution in [2.75, 3.05) is 12.0 Å². The van der Waals surface area contributed by atoms with Gasteiger partial charge in [-0.05, 0) is 18.2 Å². The first-order valence-electron chi connectivity index (χ1n) is 5.98. The predicted octanol–water partition coefficient (Wildman–Crippen LogP) is 1.94. The van der Waals surface area contributed by atoms with Crippen LogP contribution in [0.15, 0.2) is 51.9 Å². The number of pyridine rings is 1. The van der Waals surface area contributed by atoms with Crippen LogP contribution in [-0.2, 0) is 9.73 Å². The third-order valence-corrected chi connectivity index (χ3v) is 4.42. The number of rotatable bonds is 2. The second-order valence-electron chi connectivity index (χ2n) is 4.31. The fourth-order valence-electron chi connectivity index (χ4n) is 1.64. The van der Waals surface area contributed by atoms with Gasteiger partial charge in [0.2, 0.25) is 0 Å². The third kappa shape index (κ3) is 3.27. The van der Waals surface area contributed by atoms with E-state index < -0.39 is 15.6 Å². The zero-order chi connectivity index (χ0) is 15.5. The predicted molar refractivity (Wildman–Crippen MR) is 82.1 cm³/mol. The highest BCUT2D eigenvalue weighted by Gasteiger charge is 2.12.